The molecular weight excluding hydrogens is 347 g/mol. The highest BCUT2D eigenvalue weighted by Gasteiger charge is 2.34. The van der Waals surface area contributed by atoms with Gasteiger partial charge in [-0.25, -0.2) is 4.79 Å². The number of carbonyl (C=O) groups excluding carboxylic acids is 2. The molecule has 26 heavy (non-hydrogen) atoms. The minimum atomic E-state index is -4.53. The Bertz CT molecular complexity index is 647. The van der Waals surface area contributed by atoms with Crippen molar-refractivity contribution >= 4 is 17.6 Å². The van der Waals surface area contributed by atoms with Crippen LogP contribution in [0.25, 0.3) is 0 Å². The number of urea groups is 1. The summed E-state index contributed by atoms with van der Waals surface area (Å²) in [6.07, 6.45) is -2.92. The Morgan fingerprint density at radius 2 is 1.96 bits per heavy atom. The number of hydrogen-bond acceptors (Lipinski definition) is 2. The van der Waals surface area contributed by atoms with Crippen LogP contribution in [-0.4, -0.2) is 36.5 Å². The molecule has 0 bridgehead atoms. The zero-order valence-electron chi connectivity index (χ0n) is 14.9. The van der Waals surface area contributed by atoms with Crippen LogP contribution in [0, 0.1) is 11.8 Å². The number of amides is 3. The molecule has 0 aliphatic carbocycles. The fourth-order valence-electron chi connectivity index (χ4n) is 2.90. The van der Waals surface area contributed by atoms with Crippen LogP contribution < -0.4 is 10.6 Å². The summed E-state index contributed by atoms with van der Waals surface area (Å²) in [7, 11) is 0. The molecule has 5 nitrogen and oxygen atoms in total. The quantitative estimate of drug-likeness (QED) is 0.847. The van der Waals surface area contributed by atoms with Crippen LogP contribution in [-0.2, 0) is 11.0 Å². The lowest BCUT2D eigenvalue weighted by atomic mass is 9.98. The van der Waals surface area contributed by atoms with Crippen LogP contribution in [0.5, 0.6) is 0 Å². The molecule has 1 heterocycles. The second-order valence-electron chi connectivity index (χ2n) is 6.83. The molecule has 0 saturated carbocycles. The van der Waals surface area contributed by atoms with Crippen molar-refractivity contribution < 1.29 is 22.8 Å². The summed E-state index contributed by atoms with van der Waals surface area (Å²) in [4.78, 5) is 25.6. The van der Waals surface area contributed by atoms with Crippen LogP contribution >= 0.6 is 0 Å². The number of halogens is 3. The molecule has 1 saturated heterocycles. The zero-order chi connectivity index (χ0) is 19.3. The molecule has 0 aromatic heterocycles. The van der Waals surface area contributed by atoms with E-state index < -0.39 is 17.8 Å². The highest BCUT2D eigenvalue weighted by atomic mass is 19.4. The highest BCUT2D eigenvalue weighted by Crippen LogP contribution is 2.34. The lowest BCUT2D eigenvalue weighted by Crippen LogP contribution is -2.45. The van der Waals surface area contributed by atoms with Crippen molar-refractivity contribution in [2.45, 2.75) is 32.9 Å². The molecule has 0 radical (unpaired) electrons. The van der Waals surface area contributed by atoms with E-state index in [1.807, 2.05) is 0 Å². The number of benzene rings is 1. The third kappa shape index (κ3) is 5.37. The summed E-state index contributed by atoms with van der Waals surface area (Å²) in [5.74, 6) is -0.0717. The number of likely N-dealkylation sites (tertiary alicyclic amines) is 1. The van der Waals surface area contributed by atoms with Crippen molar-refractivity contribution in [3.63, 3.8) is 0 Å². The second kappa shape index (κ2) is 8.42. The number of piperidine rings is 1. The number of carbonyl (C=O) groups is 2. The van der Waals surface area contributed by atoms with Gasteiger partial charge in [-0.05, 0) is 30.9 Å². The Balaban J connectivity index is 1.97. The van der Waals surface area contributed by atoms with Gasteiger partial charge in [-0.15, -0.1) is 0 Å². The molecule has 3 amide bonds. The number of hydrogen-bond donors (Lipinski definition) is 2. The van der Waals surface area contributed by atoms with E-state index in [2.05, 4.69) is 10.6 Å². The molecular formula is C18H24F3N3O2. The van der Waals surface area contributed by atoms with Crippen molar-refractivity contribution in [2.75, 3.05) is 25.0 Å². The molecule has 1 aliphatic rings. The fraction of sp³-hybridized carbons (Fsp3) is 0.556. The van der Waals surface area contributed by atoms with E-state index in [-0.39, 0.29) is 23.4 Å². The van der Waals surface area contributed by atoms with Gasteiger partial charge in [0.25, 0.3) is 0 Å². The van der Waals surface area contributed by atoms with Gasteiger partial charge < -0.3 is 15.5 Å². The maximum atomic E-state index is 13.0. The molecule has 1 aromatic carbocycles. The van der Waals surface area contributed by atoms with Crippen LogP contribution in [0.4, 0.5) is 23.7 Å². The molecule has 1 aliphatic heterocycles. The first-order valence-corrected chi connectivity index (χ1v) is 8.68. The number of alkyl halides is 3. The van der Waals surface area contributed by atoms with E-state index in [4.69, 9.17) is 0 Å². The Morgan fingerprint density at radius 3 is 2.62 bits per heavy atom. The van der Waals surface area contributed by atoms with Crippen LogP contribution in [0.3, 0.4) is 0 Å². The van der Waals surface area contributed by atoms with Crippen molar-refractivity contribution in [1.29, 1.82) is 0 Å². The van der Waals surface area contributed by atoms with Gasteiger partial charge in [-0.1, -0.05) is 26.0 Å². The van der Waals surface area contributed by atoms with E-state index in [9.17, 15) is 22.8 Å². The van der Waals surface area contributed by atoms with Crippen LogP contribution in [0.2, 0.25) is 0 Å². The van der Waals surface area contributed by atoms with Crippen molar-refractivity contribution in [3.8, 4) is 0 Å². The lowest BCUT2D eigenvalue weighted by Gasteiger charge is -2.33. The third-order valence-corrected chi connectivity index (χ3v) is 4.37. The average molecular weight is 371 g/mol. The van der Waals surface area contributed by atoms with Gasteiger partial charge in [-0.2, -0.15) is 13.2 Å². The summed E-state index contributed by atoms with van der Waals surface area (Å²) in [6.45, 7) is 4.94. The molecule has 1 atom stereocenters. The minimum Gasteiger partial charge on any atom is -0.356 e. The van der Waals surface area contributed by atoms with Gasteiger partial charge in [0.1, 0.15) is 0 Å². The van der Waals surface area contributed by atoms with Gasteiger partial charge >= 0.3 is 12.2 Å². The predicted octanol–water partition coefficient (Wildman–Crippen LogP) is 3.72. The van der Waals surface area contributed by atoms with Gasteiger partial charge in [0, 0.05) is 25.6 Å². The predicted molar refractivity (Wildman–Crippen MR) is 92.6 cm³/mol. The number of para-hydroxylation sites is 1. The summed E-state index contributed by atoms with van der Waals surface area (Å²) >= 11 is 0. The maximum absolute atomic E-state index is 13.0. The first-order chi connectivity index (χ1) is 12.2. The maximum Gasteiger partial charge on any atom is 0.418 e. The smallest absolute Gasteiger partial charge is 0.356 e. The van der Waals surface area contributed by atoms with E-state index in [0.29, 0.717) is 19.6 Å². The Hall–Kier alpha value is -2.25. The Kier molecular flexibility index (Phi) is 6.50. The van der Waals surface area contributed by atoms with E-state index >= 15 is 0 Å². The standard InChI is InChI=1S/C18H24F3N3O2/c1-12(2)16(25)22-10-13-6-5-9-24(11-13)17(26)23-15-8-4-3-7-14(15)18(19,20)21/h3-4,7-8,12-13H,5-6,9-11H2,1-2H3,(H,22,25)(H,23,26)/t13-/m0/s1. The first kappa shape index (κ1) is 20.1. The molecule has 8 heteroatoms. The molecule has 144 valence electrons. The largest absolute Gasteiger partial charge is 0.418 e. The zero-order valence-corrected chi connectivity index (χ0v) is 14.9. The van der Waals surface area contributed by atoms with Crippen LogP contribution in [0.1, 0.15) is 32.3 Å². The molecule has 1 aromatic rings. The number of nitrogens with one attached hydrogen (secondary N) is 2. The Labute approximate surface area is 150 Å². The summed E-state index contributed by atoms with van der Waals surface area (Å²) in [5.41, 5.74) is -1.12. The number of nitrogens with zero attached hydrogens (tertiary/aromatic N) is 1. The molecule has 2 rings (SSSR count). The van der Waals surface area contributed by atoms with Crippen molar-refractivity contribution in [2.24, 2.45) is 11.8 Å². The van der Waals surface area contributed by atoms with Crippen molar-refractivity contribution in [3.05, 3.63) is 29.8 Å². The normalized spacial score (nSPS) is 17.9. The Morgan fingerprint density at radius 1 is 1.27 bits per heavy atom. The van der Waals surface area contributed by atoms with Gasteiger partial charge in [0.2, 0.25) is 5.91 Å². The van der Waals surface area contributed by atoms with Gasteiger partial charge in [0.05, 0.1) is 11.3 Å². The fourth-order valence-corrected chi connectivity index (χ4v) is 2.90. The second-order valence-corrected chi connectivity index (χ2v) is 6.83. The highest BCUT2D eigenvalue weighted by molar-refractivity contribution is 5.90. The van der Waals surface area contributed by atoms with E-state index in [1.165, 1.54) is 23.1 Å². The van der Waals surface area contributed by atoms with Gasteiger partial charge in [0.15, 0.2) is 0 Å². The summed E-state index contributed by atoms with van der Waals surface area (Å²) in [5, 5.41) is 5.21. The monoisotopic (exact) mass is 371 g/mol. The SMILES string of the molecule is CC(C)C(=O)NC[C@@H]1CCCN(C(=O)Nc2ccccc2C(F)(F)F)C1. The van der Waals surface area contributed by atoms with Crippen molar-refractivity contribution in [1.82, 2.24) is 10.2 Å². The number of rotatable bonds is 4. The minimum absolute atomic E-state index is 0.0503. The topological polar surface area (TPSA) is 61.4 Å². The number of anilines is 1. The molecule has 2 N–H and O–H groups in total. The summed E-state index contributed by atoms with van der Waals surface area (Å²) in [6, 6.07) is 4.36. The van der Waals surface area contributed by atoms with E-state index in [1.54, 1.807) is 13.8 Å². The first-order valence-electron chi connectivity index (χ1n) is 8.68. The van der Waals surface area contributed by atoms with E-state index in [0.717, 1.165) is 18.9 Å². The lowest BCUT2D eigenvalue weighted by molar-refractivity contribution is -0.137. The molecule has 0 unspecified atom stereocenters. The third-order valence-electron chi connectivity index (χ3n) is 4.37. The molecule has 0 spiro atoms. The van der Waals surface area contributed by atoms with Gasteiger partial charge in [-0.3, -0.25) is 4.79 Å². The average Bonchev–Trinajstić information content (AvgIpc) is 2.59. The van der Waals surface area contributed by atoms with Crippen LogP contribution in [0.15, 0.2) is 24.3 Å². The summed E-state index contributed by atoms with van der Waals surface area (Å²) < 4.78 is 39.1. The molecule has 1 fully saturated rings.